The van der Waals surface area contributed by atoms with Crippen LogP contribution in [0.3, 0.4) is 0 Å². The van der Waals surface area contributed by atoms with Crippen molar-refractivity contribution in [2.45, 2.75) is 45.1 Å². The van der Waals surface area contributed by atoms with E-state index in [-0.39, 0.29) is 0 Å². The summed E-state index contributed by atoms with van der Waals surface area (Å²) in [5.74, 6) is 1.17. The van der Waals surface area contributed by atoms with Crippen LogP contribution in [0.4, 0.5) is 0 Å². The highest BCUT2D eigenvalue weighted by Gasteiger charge is 2.19. The molecular formula is C15H23NO. The quantitative estimate of drug-likeness (QED) is 0.837. The molecule has 0 amide bonds. The molecule has 1 fully saturated rings. The van der Waals surface area contributed by atoms with Gasteiger partial charge in [0.1, 0.15) is 5.75 Å². The van der Waals surface area contributed by atoms with Gasteiger partial charge in [0, 0.05) is 6.04 Å². The number of hydrogen-bond donors (Lipinski definition) is 2. The molecule has 0 bridgehead atoms. The third-order valence-corrected chi connectivity index (χ3v) is 3.87. The van der Waals surface area contributed by atoms with Gasteiger partial charge >= 0.3 is 0 Å². The van der Waals surface area contributed by atoms with Crippen molar-refractivity contribution in [2.75, 3.05) is 6.54 Å². The second-order valence-corrected chi connectivity index (χ2v) is 5.24. The van der Waals surface area contributed by atoms with Crippen LogP contribution in [0.1, 0.15) is 38.2 Å². The van der Waals surface area contributed by atoms with Crippen molar-refractivity contribution in [3.05, 3.63) is 29.8 Å². The summed E-state index contributed by atoms with van der Waals surface area (Å²) in [6, 6.07) is 8.24. The van der Waals surface area contributed by atoms with E-state index in [1.807, 2.05) is 12.1 Å². The van der Waals surface area contributed by atoms with Crippen LogP contribution in [0.25, 0.3) is 0 Å². The second-order valence-electron chi connectivity index (χ2n) is 5.24. The van der Waals surface area contributed by atoms with E-state index in [2.05, 4.69) is 12.2 Å². The molecule has 0 spiro atoms. The van der Waals surface area contributed by atoms with Crippen molar-refractivity contribution in [3.8, 4) is 5.75 Å². The highest BCUT2D eigenvalue weighted by atomic mass is 16.3. The van der Waals surface area contributed by atoms with Gasteiger partial charge in [-0.2, -0.15) is 0 Å². The van der Waals surface area contributed by atoms with Gasteiger partial charge in [-0.15, -0.1) is 0 Å². The first-order valence-electron chi connectivity index (χ1n) is 6.77. The molecule has 1 aromatic carbocycles. The molecule has 1 saturated carbocycles. The number of phenols is 1. The van der Waals surface area contributed by atoms with Crippen LogP contribution in [-0.4, -0.2) is 17.7 Å². The minimum atomic E-state index is 0.350. The molecule has 2 rings (SSSR count). The van der Waals surface area contributed by atoms with Gasteiger partial charge < -0.3 is 10.4 Å². The van der Waals surface area contributed by atoms with Gasteiger partial charge in [-0.3, -0.25) is 0 Å². The fraction of sp³-hybridized carbons (Fsp3) is 0.600. The van der Waals surface area contributed by atoms with Crippen molar-refractivity contribution in [1.82, 2.24) is 5.32 Å². The Kier molecular flexibility index (Phi) is 4.43. The van der Waals surface area contributed by atoms with Crippen molar-refractivity contribution in [1.29, 1.82) is 0 Å². The molecule has 17 heavy (non-hydrogen) atoms. The van der Waals surface area contributed by atoms with E-state index < -0.39 is 0 Å². The summed E-state index contributed by atoms with van der Waals surface area (Å²) in [5, 5.41) is 12.9. The van der Waals surface area contributed by atoms with E-state index in [9.17, 15) is 5.11 Å². The number of rotatable bonds is 4. The Morgan fingerprint density at radius 2 is 1.88 bits per heavy atom. The lowest BCUT2D eigenvalue weighted by atomic mass is 9.86. The summed E-state index contributed by atoms with van der Waals surface area (Å²) >= 11 is 0. The molecule has 0 saturated heterocycles. The highest BCUT2D eigenvalue weighted by molar-refractivity contribution is 5.25. The van der Waals surface area contributed by atoms with Crippen molar-refractivity contribution < 1.29 is 5.11 Å². The molecule has 1 aromatic rings. The SMILES string of the molecule is CC1CCCCC1NCCc1ccc(O)cc1. The lowest BCUT2D eigenvalue weighted by Gasteiger charge is -2.29. The van der Waals surface area contributed by atoms with Crippen LogP contribution >= 0.6 is 0 Å². The molecule has 0 aromatic heterocycles. The molecule has 2 heteroatoms. The summed E-state index contributed by atoms with van der Waals surface area (Å²) in [7, 11) is 0. The summed E-state index contributed by atoms with van der Waals surface area (Å²) in [4.78, 5) is 0. The first-order valence-corrected chi connectivity index (χ1v) is 6.77. The van der Waals surface area contributed by atoms with Crippen LogP contribution in [0.5, 0.6) is 5.75 Å². The van der Waals surface area contributed by atoms with E-state index >= 15 is 0 Å². The molecule has 0 heterocycles. The Hall–Kier alpha value is -1.02. The molecule has 0 radical (unpaired) electrons. The molecule has 2 nitrogen and oxygen atoms in total. The molecule has 2 N–H and O–H groups in total. The fourth-order valence-electron chi connectivity index (χ4n) is 2.68. The van der Waals surface area contributed by atoms with E-state index in [1.54, 1.807) is 12.1 Å². The van der Waals surface area contributed by atoms with Gasteiger partial charge in [0.25, 0.3) is 0 Å². The zero-order valence-corrected chi connectivity index (χ0v) is 10.7. The number of phenolic OH excluding ortho intramolecular Hbond substituents is 1. The Labute approximate surface area is 104 Å². The first-order chi connectivity index (χ1) is 8.25. The smallest absolute Gasteiger partial charge is 0.115 e. The maximum Gasteiger partial charge on any atom is 0.115 e. The first kappa shape index (κ1) is 12.4. The van der Waals surface area contributed by atoms with Gasteiger partial charge in [-0.1, -0.05) is 31.9 Å². The van der Waals surface area contributed by atoms with Crippen molar-refractivity contribution in [2.24, 2.45) is 5.92 Å². The Balaban J connectivity index is 1.73. The molecule has 2 unspecified atom stereocenters. The number of aromatic hydroxyl groups is 1. The third kappa shape index (κ3) is 3.74. The third-order valence-electron chi connectivity index (χ3n) is 3.87. The van der Waals surface area contributed by atoms with Crippen LogP contribution in [0.2, 0.25) is 0 Å². The zero-order chi connectivity index (χ0) is 12.1. The van der Waals surface area contributed by atoms with E-state index in [4.69, 9.17) is 0 Å². The average molecular weight is 233 g/mol. The molecule has 1 aliphatic carbocycles. The van der Waals surface area contributed by atoms with Crippen LogP contribution < -0.4 is 5.32 Å². The highest BCUT2D eigenvalue weighted by Crippen LogP contribution is 2.23. The molecule has 2 atom stereocenters. The predicted molar refractivity (Wildman–Crippen MR) is 71.2 cm³/mol. The van der Waals surface area contributed by atoms with Gasteiger partial charge in [-0.05, 0) is 49.4 Å². The maximum atomic E-state index is 9.21. The van der Waals surface area contributed by atoms with E-state index in [0.29, 0.717) is 11.8 Å². The van der Waals surface area contributed by atoms with Gasteiger partial charge in [-0.25, -0.2) is 0 Å². The number of nitrogens with one attached hydrogen (secondary N) is 1. The minimum absolute atomic E-state index is 0.350. The second kappa shape index (κ2) is 6.06. The Morgan fingerprint density at radius 3 is 2.59 bits per heavy atom. The average Bonchev–Trinajstić information content (AvgIpc) is 2.34. The lowest BCUT2D eigenvalue weighted by Crippen LogP contribution is -2.38. The number of hydrogen-bond acceptors (Lipinski definition) is 2. The zero-order valence-electron chi connectivity index (χ0n) is 10.7. The predicted octanol–water partition coefficient (Wildman–Crippen LogP) is 3.10. The summed E-state index contributed by atoms with van der Waals surface area (Å²) in [6.07, 6.45) is 6.52. The topological polar surface area (TPSA) is 32.3 Å². The standard InChI is InChI=1S/C15H23NO/c1-12-4-2-3-5-15(12)16-11-10-13-6-8-14(17)9-7-13/h6-9,12,15-17H,2-5,10-11H2,1H3. The van der Waals surface area contributed by atoms with Gasteiger partial charge in [0.2, 0.25) is 0 Å². The molecule has 94 valence electrons. The molecule has 0 aliphatic heterocycles. The Bertz CT molecular complexity index is 333. The van der Waals surface area contributed by atoms with Crippen LogP contribution in [0, 0.1) is 5.92 Å². The summed E-state index contributed by atoms with van der Waals surface area (Å²) in [6.45, 7) is 3.40. The van der Waals surface area contributed by atoms with Gasteiger partial charge in [0.15, 0.2) is 0 Å². The largest absolute Gasteiger partial charge is 0.508 e. The minimum Gasteiger partial charge on any atom is -0.508 e. The fourth-order valence-corrected chi connectivity index (χ4v) is 2.68. The van der Waals surface area contributed by atoms with E-state index in [0.717, 1.165) is 18.9 Å². The lowest BCUT2D eigenvalue weighted by molar-refractivity contribution is 0.282. The van der Waals surface area contributed by atoms with Crippen LogP contribution in [-0.2, 0) is 6.42 Å². The van der Waals surface area contributed by atoms with Crippen LogP contribution in [0.15, 0.2) is 24.3 Å². The molecular weight excluding hydrogens is 210 g/mol. The van der Waals surface area contributed by atoms with Crippen molar-refractivity contribution >= 4 is 0 Å². The Morgan fingerprint density at radius 1 is 1.18 bits per heavy atom. The van der Waals surface area contributed by atoms with Gasteiger partial charge in [0.05, 0.1) is 0 Å². The molecule has 1 aliphatic rings. The van der Waals surface area contributed by atoms with Crippen molar-refractivity contribution in [3.63, 3.8) is 0 Å². The van der Waals surface area contributed by atoms with E-state index in [1.165, 1.54) is 31.2 Å². The normalized spacial score (nSPS) is 24.8. The maximum absolute atomic E-state index is 9.21. The number of benzene rings is 1. The summed E-state index contributed by atoms with van der Waals surface area (Å²) in [5.41, 5.74) is 1.29. The monoisotopic (exact) mass is 233 g/mol. The summed E-state index contributed by atoms with van der Waals surface area (Å²) < 4.78 is 0.